The lowest BCUT2D eigenvalue weighted by molar-refractivity contribution is -0.134. The van der Waals surface area contributed by atoms with Crippen molar-refractivity contribution >= 4 is 28.3 Å². The molecule has 1 fully saturated rings. The quantitative estimate of drug-likeness (QED) is 0.663. The number of hydrogen-bond acceptors (Lipinski definition) is 5. The molecule has 1 aliphatic rings. The Morgan fingerprint density at radius 2 is 1.71 bits per heavy atom. The minimum Gasteiger partial charge on any atom is -0.378 e. The van der Waals surface area contributed by atoms with Gasteiger partial charge in [-0.3, -0.25) is 4.79 Å². The van der Waals surface area contributed by atoms with E-state index < -0.39 is 16.1 Å². The van der Waals surface area contributed by atoms with Crippen molar-refractivity contribution in [3.63, 3.8) is 0 Å². The van der Waals surface area contributed by atoms with Gasteiger partial charge in [0.2, 0.25) is 15.9 Å². The second-order valence-corrected chi connectivity index (χ2v) is 8.46. The van der Waals surface area contributed by atoms with Crippen LogP contribution < -0.4 is 5.73 Å². The lowest BCUT2D eigenvalue weighted by Crippen LogP contribution is -2.55. The van der Waals surface area contributed by atoms with Gasteiger partial charge in [-0.2, -0.15) is 4.31 Å². The van der Waals surface area contributed by atoms with E-state index in [0.717, 1.165) is 6.42 Å². The minimum atomic E-state index is -3.33. The Morgan fingerprint density at radius 1 is 1.17 bits per heavy atom. The summed E-state index contributed by atoms with van der Waals surface area (Å²) in [6.07, 6.45) is 0.860. The molecule has 9 heteroatoms. The van der Waals surface area contributed by atoms with Gasteiger partial charge in [0.1, 0.15) is 0 Å². The Hall–Kier alpha value is -0.410. The second-order valence-electron chi connectivity index (χ2n) is 6.37. The largest absolute Gasteiger partial charge is 0.378 e. The summed E-state index contributed by atoms with van der Waals surface area (Å²) in [5, 5.41) is 0. The summed E-state index contributed by atoms with van der Waals surface area (Å²) in [4.78, 5) is 14.0. The fraction of sp³-hybridized carbons (Fsp3) is 0.933. The molecule has 7 nitrogen and oxygen atoms in total. The van der Waals surface area contributed by atoms with E-state index in [2.05, 4.69) is 0 Å². The topological polar surface area (TPSA) is 92.9 Å². The molecular weight excluding hydrogens is 354 g/mol. The van der Waals surface area contributed by atoms with Crippen molar-refractivity contribution in [1.82, 2.24) is 9.21 Å². The highest BCUT2D eigenvalue weighted by Crippen LogP contribution is 2.13. The van der Waals surface area contributed by atoms with Crippen LogP contribution in [0.25, 0.3) is 0 Å². The first-order valence-electron chi connectivity index (χ1n) is 8.32. The maximum atomic E-state index is 12.3. The van der Waals surface area contributed by atoms with E-state index in [0.29, 0.717) is 26.2 Å². The van der Waals surface area contributed by atoms with Gasteiger partial charge >= 0.3 is 0 Å². The number of rotatable bonds is 8. The number of halogens is 1. The molecule has 2 N–H and O–H groups in total. The van der Waals surface area contributed by atoms with Gasteiger partial charge in [-0.25, -0.2) is 8.42 Å². The van der Waals surface area contributed by atoms with Crippen LogP contribution in [0.1, 0.15) is 34.1 Å². The molecule has 2 unspecified atom stereocenters. The number of nitrogens with zero attached hydrogens (tertiary/aromatic N) is 2. The van der Waals surface area contributed by atoms with Crippen LogP contribution in [0.5, 0.6) is 0 Å². The number of piperazine rings is 1. The molecule has 1 aliphatic heterocycles. The third kappa shape index (κ3) is 6.84. The summed E-state index contributed by atoms with van der Waals surface area (Å²) < 4.78 is 31.3. The second kappa shape index (κ2) is 10.6. The molecule has 0 aliphatic carbocycles. The van der Waals surface area contributed by atoms with Gasteiger partial charge < -0.3 is 15.4 Å². The van der Waals surface area contributed by atoms with Crippen molar-refractivity contribution in [3.05, 3.63) is 0 Å². The number of carbonyl (C=O) groups excluding carboxylic acids is 1. The van der Waals surface area contributed by atoms with Crippen LogP contribution >= 0.6 is 12.4 Å². The number of hydrogen-bond donors (Lipinski definition) is 1. The Labute approximate surface area is 152 Å². The molecule has 0 spiro atoms. The van der Waals surface area contributed by atoms with Crippen molar-refractivity contribution in [2.24, 2.45) is 11.7 Å². The molecule has 0 aromatic carbocycles. The first kappa shape index (κ1) is 23.6. The lowest BCUT2D eigenvalue weighted by atomic mass is 9.99. The molecule has 1 heterocycles. The molecule has 0 saturated carbocycles. The van der Waals surface area contributed by atoms with E-state index in [-0.39, 0.29) is 42.7 Å². The van der Waals surface area contributed by atoms with Gasteiger partial charge in [-0.1, -0.05) is 20.3 Å². The normalized spacial score (nSPS) is 19.0. The third-order valence-electron chi connectivity index (χ3n) is 4.28. The summed E-state index contributed by atoms with van der Waals surface area (Å²) in [5.74, 6) is 0.0166. The van der Waals surface area contributed by atoms with E-state index in [9.17, 15) is 13.2 Å². The summed E-state index contributed by atoms with van der Waals surface area (Å²) >= 11 is 0. The van der Waals surface area contributed by atoms with Crippen molar-refractivity contribution < 1.29 is 17.9 Å². The standard InChI is InChI=1S/C15H31N3O4S.ClH/c1-5-13(4)14(16)15(19)17-6-8-18(9-7-17)23(20,21)11-10-22-12(2)3;/h12-14H,5-11,16H2,1-4H3;1H. The average molecular weight is 386 g/mol. The average Bonchev–Trinajstić information content (AvgIpc) is 2.52. The predicted molar refractivity (Wildman–Crippen MR) is 97.7 cm³/mol. The Bertz CT molecular complexity index is 479. The molecule has 1 amide bonds. The van der Waals surface area contributed by atoms with Crippen LogP contribution in [0.3, 0.4) is 0 Å². The maximum absolute atomic E-state index is 12.3. The summed E-state index contributed by atoms with van der Waals surface area (Å²) in [6.45, 7) is 9.33. The van der Waals surface area contributed by atoms with Gasteiger partial charge in [0, 0.05) is 26.2 Å². The predicted octanol–water partition coefficient (Wildman–Crippen LogP) is 0.681. The van der Waals surface area contributed by atoms with Crippen LogP contribution in [-0.4, -0.2) is 74.2 Å². The number of ether oxygens (including phenoxy) is 1. The first-order chi connectivity index (χ1) is 10.7. The molecular formula is C15H32ClN3O4S. The van der Waals surface area contributed by atoms with Crippen LogP contribution in [0.15, 0.2) is 0 Å². The van der Waals surface area contributed by atoms with Crippen LogP contribution in [0.2, 0.25) is 0 Å². The highest BCUT2D eigenvalue weighted by Gasteiger charge is 2.31. The number of nitrogens with two attached hydrogens (primary N) is 1. The van der Waals surface area contributed by atoms with Gasteiger partial charge in [0.25, 0.3) is 0 Å². The third-order valence-corrected chi connectivity index (χ3v) is 6.11. The molecule has 0 aromatic rings. The van der Waals surface area contributed by atoms with Crippen LogP contribution in [0, 0.1) is 5.92 Å². The fourth-order valence-electron chi connectivity index (χ4n) is 2.41. The number of carbonyl (C=O) groups is 1. The SMILES string of the molecule is CCC(C)C(N)C(=O)N1CCN(S(=O)(=O)CCOC(C)C)CC1.Cl. The zero-order valence-electron chi connectivity index (χ0n) is 15.1. The van der Waals surface area contributed by atoms with Crippen LogP contribution in [0.4, 0.5) is 0 Å². The van der Waals surface area contributed by atoms with Crippen LogP contribution in [-0.2, 0) is 19.6 Å². The molecule has 1 saturated heterocycles. The van der Waals surface area contributed by atoms with Crippen molar-refractivity contribution in [1.29, 1.82) is 0 Å². The number of amides is 1. The first-order valence-corrected chi connectivity index (χ1v) is 9.93. The highest BCUT2D eigenvalue weighted by molar-refractivity contribution is 7.89. The molecule has 1 rings (SSSR count). The highest BCUT2D eigenvalue weighted by atomic mass is 35.5. The van der Waals surface area contributed by atoms with E-state index in [4.69, 9.17) is 10.5 Å². The van der Waals surface area contributed by atoms with Crippen molar-refractivity contribution in [2.75, 3.05) is 38.5 Å². The van der Waals surface area contributed by atoms with E-state index in [1.165, 1.54) is 4.31 Å². The summed E-state index contributed by atoms with van der Waals surface area (Å²) in [5.41, 5.74) is 5.98. The molecule has 0 radical (unpaired) electrons. The van der Waals surface area contributed by atoms with Gasteiger partial charge in [0.05, 0.1) is 24.5 Å². The van der Waals surface area contributed by atoms with E-state index >= 15 is 0 Å². The fourth-order valence-corrected chi connectivity index (χ4v) is 3.70. The summed E-state index contributed by atoms with van der Waals surface area (Å²) in [7, 11) is -3.33. The van der Waals surface area contributed by atoms with E-state index in [1.54, 1.807) is 4.90 Å². The molecule has 0 aromatic heterocycles. The molecule has 0 bridgehead atoms. The van der Waals surface area contributed by atoms with Gasteiger partial charge in [-0.15, -0.1) is 12.4 Å². The monoisotopic (exact) mass is 385 g/mol. The lowest BCUT2D eigenvalue weighted by Gasteiger charge is -2.36. The molecule has 144 valence electrons. The Kier molecular flexibility index (Phi) is 10.4. The Balaban J connectivity index is 0.00000529. The van der Waals surface area contributed by atoms with Gasteiger partial charge in [0.15, 0.2) is 0 Å². The molecule has 2 atom stereocenters. The minimum absolute atomic E-state index is 0. The van der Waals surface area contributed by atoms with Gasteiger partial charge in [-0.05, 0) is 19.8 Å². The summed E-state index contributed by atoms with van der Waals surface area (Å²) in [6, 6.07) is -0.511. The van der Waals surface area contributed by atoms with E-state index in [1.807, 2.05) is 27.7 Å². The molecule has 24 heavy (non-hydrogen) atoms. The smallest absolute Gasteiger partial charge is 0.239 e. The van der Waals surface area contributed by atoms with Crippen molar-refractivity contribution in [2.45, 2.75) is 46.3 Å². The zero-order chi connectivity index (χ0) is 17.6. The zero-order valence-corrected chi connectivity index (χ0v) is 16.7. The van der Waals surface area contributed by atoms with Crippen molar-refractivity contribution in [3.8, 4) is 0 Å². The Morgan fingerprint density at radius 3 is 2.17 bits per heavy atom. The maximum Gasteiger partial charge on any atom is 0.239 e. The number of sulfonamides is 1.